The highest BCUT2D eigenvalue weighted by Crippen LogP contribution is 2.30. The molecule has 0 radical (unpaired) electrons. The lowest BCUT2D eigenvalue weighted by Crippen LogP contribution is -2.12. The number of nitrogens with one attached hydrogen (secondary N) is 2. The lowest BCUT2D eigenvalue weighted by atomic mass is 10.3. The van der Waals surface area contributed by atoms with E-state index in [2.05, 4.69) is 38.7 Å². The van der Waals surface area contributed by atoms with Crippen molar-refractivity contribution in [3.8, 4) is 0 Å². The van der Waals surface area contributed by atoms with Gasteiger partial charge in [-0.25, -0.2) is 15.8 Å². The molecular weight excluding hydrogens is 292 g/mol. The molecule has 3 heterocycles. The number of nitrogen functional groups attached to an aromatic ring is 1. The van der Waals surface area contributed by atoms with Crippen LogP contribution in [0.1, 0.15) is 17.5 Å². The maximum atomic E-state index is 5.43. The highest BCUT2D eigenvalue weighted by Gasteiger charge is 2.11. The Morgan fingerprint density at radius 2 is 2.25 bits per heavy atom. The van der Waals surface area contributed by atoms with Gasteiger partial charge in [0.25, 0.3) is 0 Å². The van der Waals surface area contributed by atoms with Crippen molar-refractivity contribution >= 4 is 44.7 Å². The molecule has 20 heavy (non-hydrogen) atoms. The number of hydrazine groups is 1. The summed E-state index contributed by atoms with van der Waals surface area (Å²) in [5.41, 5.74) is 5.32. The topological polar surface area (TPSA) is 88.8 Å². The number of nitrogens with zero attached hydrogens (tertiary/aromatic N) is 3. The van der Waals surface area contributed by atoms with E-state index in [0.29, 0.717) is 12.5 Å². The van der Waals surface area contributed by atoms with Gasteiger partial charge in [0.05, 0.1) is 23.1 Å². The van der Waals surface area contributed by atoms with Crippen LogP contribution in [-0.4, -0.2) is 15.0 Å². The van der Waals surface area contributed by atoms with Crippen LogP contribution in [0.25, 0.3) is 10.2 Å². The van der Waals surface area contributed by atoms with E-state index in [9.17, 15) is 0 Å². The van der Waals surface area contributed by atoms with E-state index in [1.807, 2.05) is 10.9 Å². The Morgan fingerprint density at radius 1 is 1.35 bits per heavy atom. The van der Waals surface area contributed by atoms with Gasteiger partial charge in [-0.15, -0.1) is 22.7 Å². The molecule has 0 spiro atoms. The Balaban J connectivity index is 1.96. The van der Waals surface area contributed by atoms with Crippen molar-refractivity contribution in [2.75, 3.05) is 10.7 Å². The molecule has 0 unspecified atom stereocenters. The molecule has 0 fully saturated rings. The molecule has 0 aliphatic carbocycles. The fourth-order valence-corrected chi connectivity index (χ4v) is 3.37. The first-order chi connectivity index (χ1) is 9.80. The number of aryl methyl sites for hydroxylation is 1. The van der Waals surface area contributed by atoms with Crippen molar-refractivity contribution < 1.29 is 0 Å². The molecule has 3 aromatic rings. The van der Waals surface area contributed by atoms with E-state index in [-0.39, 0.29) is 0 Å². The van der Waals surface area contributed by atoms with E-state index in [4.69, 9.17) is 5.84 Å². The fraction of sp³-hybridized carbons (Fsp3) is 0.250. The minimum Gasteiger partial charge on any atom is -0.364 e. The van der Waals surface area contributed by atoms with E-state index in [0.717, 1.165) is 28.1 Å². The predicted octanol–water partition coefficient (Wildman–Crippen LogP) is 2.61. The van der Waals surface area contributed by atoms with Crippen LogP contribution < -0.4 is 16.6 Å². The first-order valence-corrected chi connectivity index (χ1v) is 7.94. The first kappa shape index (κ1) is 13.2. The van der Waals surface area contributed by atoms with Crippen LogP contribution in [0.4, 0.5) is 11.8 Å². The van der Waals surface area contributed by atoms with Crippen LogP contribution >= 0.6 is 22.7 Å². The second-order valence-electron chi connectivity index (χ2n) is 4.16. The van der Waals surface area contributed by atoms with Gasteiger partial charge in [0.15, 0.2) is 0 Å². The van der Waals surface area contributed by atoms with Gasteiger partial charge in [-0.05, 0) is 12.5 Å². The summed E-state index contributed by atoms with van der Waals surface area (Å²) in [4.78, 5) is 15.2. The molecule has 6 nitrogen and oxygen atoms in total. The van der Waals surface area contributed by atoms with E-state index in [1.165, 1.54) is 4.88 Å². The third-order valence-corrected chi connectivity index (χ3v) is 4.65. The standard InChI is InChI=1S/C12H14N6S2/c1-2-8-3-9-10(14-4-7-5-19-6-15-7)16-12(18-13)17-11(9)20-8/h3,5-6H,2,4,13H2,1H3,(H2,14,16,17,18). The molecule has 0 aliphatic rings. The third-order valence-electron chi connectivity index (χ3n) is 2.84. The lowest BCUT2D eigenvalue weighted by Gasteiger charge is -2.07. The average Bonchev–Trinajstić information content (AvgIpc) is 3.12. The number of aromatic nitrogens is 3. The van der Waals surface area contributed by atoms with E-state index < -0.39 is 0 Å². The van der Waals surface area contributed by atoms with Crippen LogP contribution in [0.5, 0.6) is 0 Å². The monoisotopic (exact) mass is 306 g/mol. The predicted molar refractivity (Wildman–Crippen MR) is 84.0 cm³/mol. The SMILES string of the molecule is CCc1cc2c(NCc3cscn3)nc(NN)nc2s1. The summed E-state index contributed by atoms with van der Waals surface area (Å²) in [5, 5.41) is 6.35. The van der Waals surface area contributed by atoms with Gasteiger partial charge >= 0.3 is 0 Å². The van der Waals surface area contributed by atoms with Gasteiger partial charge in [0, 0.05) is 10.3 Å². The summed E-state index contributed by atoms with van der Waals surface area (Å²) < 4.78 is 0. The number of thiazole rings is 1. The second-order valence-corrected chi connectivity index (χ2v) is 5.99. The fourth-order valence-electron chi connectivity index (χ4n) is 1.84. The summed E-state index contributed by atoms with van der Waals surface area (Å²) in [7, 11) is 0. The van der Waals surface area contributed by atoms with E-state index in [1.54, 1.807) is 22.7 Å². The number of anilines is 2. The molecule has 0 amide bonds. The molecule has 3 rings (SSSR count). The van der Waals surface area contributed by atoms with Crippen LogP contribution in [0.2, 0.25) is 0 Å². The normalized spacial score (nSPS) is 10.9. The number of fused-ring (bicyclic) bond motifs is 1. The quantitative estimate of drug-likeness (QED) is 0.496. The van der Waals surface area contributed by atoms with Crippen molar-refractivity contribution in [3.63, 3.8) is 0 Å². The third kappa shape index (κ3) is 2.58. The molecule has 0 bridgehead atoms. The number of hydrogen-bond acceptors (Lipinski definition) is 8. The van der Waals surface area contributed by atoms with Crippen LogP contribution in [0, 0.1) is 0 Å². The van der Waals surface area contributed by atoms with Gasteiger partial charge in [-0.1, -0.05) is 6.92 Å². The van der Waals surface area contributed by atoms with Gasteiger partial charge in [0.2, 0.25) is 5.95 Å². The van der Waals surface area contributed by atoms with Crippen molar-refractivity contribution in [3.05, 3.63) is 27.5 Å². The Kier molecular flexibility index (Phi) is 3.77. The molecule has 0 aromatic carbocycles. The van der Waals surface area contributed by atoms with Crippen LogP contribution in [-0.2, 0) is 13.0 Å². The molecule has 3 aromatic heterocycles. The summed E-state index contributed by atoms with van der Waals surface area (Å²) in [5.74, 6) is 6.63. The Morgan fingerprint density at radius 3 is 2.95 bits per heavy atom. The van der Waals surface area contributed by atoms with Crippen molar-refractivity contribution in [1.82, 2.24) is 15.0 Å². The maximum Gasteiger partial charge on any atom is 0.240 e. The zero-order valence-electron chi connectivity index (χ0n) is 10.9. The molecule has 104 valence electrons. The zero-order valence-corrected chi connectivity index (χ0v) is 12.5. The Hall–Kier alpha value is -1.77. The molecule has 8 heteroatoms. The van der Waals surface area contributed by atoms with E-state index >= 15 is 0 Å². The van der Waals surface area contributed by atoms with Crippen molar-refractivity contribution in [2.45, 2.75) is 19.9 Å². The van der Waals surface area contributed by atoms with Crippen LogP contribution in [0.15, 0.2) is 17.0 Å². The smallest absolute Gasteiger partial charge is 0.240 e. The van der Waals surface area contributed by atoms with Crippen LogP contribution in [0.3, 0.4) is 0 Å². The highest BCUT2D eigenvalue weighted by molar-refractivity contribution is 7.18. The van der Waals surface area contributed by atoms with Gasteiger partial charge in [-0.3, -0.25) is 5.43 Å². The van der Waals surface area contributed by atoms with Crippen molar-refractivity contribution in [2.24, 2.45) is 5.84 Å². The summed E-state index contributed by atoms with van der Waals surface area (Å²) in [6.45, 7) is 2.76. The summed E-state index contributed by atoms with van der Waals surface area (Å²) in [6, 6.07) is 2.13. The Labute approximate surface area is 124 Å². The summed E-state index contributed by atoms with van der Waals surface area (Å²) in [6.07, 6.45) is 0.984. The lowest BCUT2D eigenvalue weighted by molar-refractivity contribution is 1.05. The van der Waals surface area contributed by atoms with Gasteiger partial charge in [-0.2, -0.15) is 4.98 Å². The minimum atomic E-state index is 0.419. The van der Waals surface area contributed by atoms with Crippen molar-refractivity contribution in [1.29, 1.82) is 0 Å². The summed E-state index contributed by atoms with van der Waals surface area (Å²) >= 11 is 3.24. The first-order valence-electron chi connectivity index (χ1n) is 6.18. The molecule has 4 N–H and O–H groups in total. The number of rotatable bonds is 5. The average molecular weight is 306 g/mol. The minimum absolute atomic E-state index is 0.419. The van der Waals surface area contributed by atoms with Gasteiger partial charge < -0.3 is 5.32 Å². The molecular formula is C12H14N6S2. The molecule has 0 saturated carbocycles. The largest absolute Gasteiger partial charge is 0.364 e. The number of hydrogen-bond donors (Lipinski definition) is 3. The van der Waals surface area contributed by atoms with Gasteiger partial charge in [0.1, 0.15) is 10.6 Å². The second kappa shape index (κ2) is 5.70. The zero-order chi connectivity index (χ0) is 13.9. The number of nitrogens with two attached hydrogens (primary N) is 1. The Bertz CT molecular complexity index is 706. The highest BCUT2D eigenvalue weighted by atomic mass is 32.1. The molecule has 0 atom stereocenters. The number of thiophene rings is 1. The molecule has 0 aliphatic heterocycles. The maximum absolute atomic E-state index is 5.43. The molecule has 0 saturated heterocycles.